The second-order valence-corrected chi connectivity index (χ2v) is 6.01. The van der Waals surface area contributed by atoms with E-state index in [1.807, 2.05) is 0 Å². The molecule has 3 atom stereocenters. The average Bonchev–Trinajstić information content (AvgIpc) is 3.14. The molecule has 0 spiro atoms. The highest BCUT2D eigenvalue weighted by Crippen LogP contribution is 2.53. The summed E-state index contributed by atoms with van der Waals surface area (Å²) in [6.45, 7) is 0. The van der Waals surface area contributed by atoms with Crippen LogP contribution in [-0.2, 0) is 35.8 Å². The summed E-state index contributed by atoms with van der Waals surface area (Å²) in [5.74, 6) is -2.58. The smallest absolute Gasteiger partial charge is 0.376 e. The van der Waals surface area contributed by atoms with Gasteiger partial charge in [-0.25, -0.2) is 9.59 Å². The average molecular weight is 362 g/mol. The first-order chi connectivity index (χ1) is 12.4. The summed E-state index contributed by atoms with van der Waals surface area (Å²) in [6.07, 6.45) is -0.0719. The first-order valence-corrected chi connectivity index (χ1v) is 7.66. The molecule has 3 N–H and O–H groups in total. The summed E-state index contributed by atoms with van der Waals surface area (Å²) >= 11 is 0. The Morgan fingerprint density at radius 2 is 2.00 bits per heavy atom. The highest BCUT2D eigenvalue weighted by Gasteiger charge is 2.60. The Hall–Kier alpha value is -3.20. The molecule has 0 aromatic heterocycles. The monoisotopic (exact) mass is 362 g/mol. The molecule has 3 aliphatic rings. The molecule has 1 fully saturated rings. The van der Waals surface area contributed by atoms with Gasteiger partial charge in [0, 0.05) is 18.1 Å². The molecule has 9 heteroatoms. The molecule has 1 aliphatic carbocycles. The van der Waals surface area contributed by atoms with Crippen molar-refractivity contribution >= 4 is 11.9 Å². The fourth-order valence-corrected chi connectivity index (χ4v) is 3.40. The van der Waals surface area contributed by atoms with Gasteiger partial charge in [-0.2, -0.15) is 0 Å². The van der Waals surface area contributed by atoms with Gasteiger partial charge in [-0.3, -0.25) is 0 Å². The minimum atomic E-state index is -1.95. The number of esters is 2. The molecule has 136 valence electrons. The van der Waals surface area contributed by atoms with Crippen LogP contribution in [0.2, 0.25) is 0 Å². The van der Waals surface area contributed by atoms with E-state index >= 15 is 0 Å². The Labute approximate surface area is 146 Å². The van der Waals surface area contributed by atoms with Gasteiger partial charge in [0.15, 0.2) is 17.1 Å². The minimum Gasteiger partial charge on any atom is -0.504 e. The predicted octanol–water partition coefficient (Wildman–Crippen LogP) is 0.295. The number of hydrogen-bond acceptors (Lipinski definition) is 9. The van der Waals surface area contributed by atoms with Gasteiger partial charge >= 0.3 is 11.9 Å². The van der Waals surface area contributed by atoms with E-state index in [0.717, 1.165) is 12.3 Å². The van der Waals surface area contributed by atoms with Crippen LogP contribution in [0.1, 0.15) is 11.1 Å². The summed E-state index contributed by atoms with van der Waals surface area (Å²) in [4.78, 5) is 23.3. The van der Waals surface area contributed by atoms with Crippen LogP contribution in [0.4, 0.5) is 0 Å². The van der Waals surface area contributed by atoms with Crippen molar-refractivity contribution in [3.63, 3.8) is 0 Å². The second kappa shape index (κ2) is 5.40. The molecule has 2 aliphatic heterocycles. The van der Waals surface area contributed by atoms with Crippen molar-refractivity contribution in [1.29, 1.82) is 0 Å². The third-order valence-corrected chi connectivity index (χ3v) is 4.63. The number of aliphatic hydroxyl groups excluding tert-OH is 1. The van der Waals surface area contributed by atoms with Crippen LogP contribution in [0.25, 0.3) is 0 Å². The standard InChI is InChI=1S/C17H14O9/c1-23-10-3-2-7-4-11-17(22,13(7)14(10)19)8(15(20)25-11)6-24-12-5-9(18)16(21)26-12/h2-3,5-6,11-12,18-19,22H,4H2,1H3/t11-,12-,17+/m1/s1. The Balaban J connectivity index is 1.73. The zero-order valence-electron chi connectivity index (χ0n) is 13.5. The third kappa shape index (κ3) is 2.07. The Morgan fingerprint density at radius 3 is 2.65 bits per heavy atom. The highest BCUT2D eigenvalue weighted by molar-refractivity contribution is 5.95. The topological polar surface area (TPSA) is 132 Å². The van der Waals surface area contributed by atoms with Crippen LogP contribution in [0.3, 0.4) is 0 Å². The van der Waals surface area contributed by atoms with Crippen molar-refractivity contribution in [3.8, 4) is 11.5 Å². The first kappa shape index (κ1) is 16.3. The van der Waals surface area contributed by atoms with E-state index in [4.69, 9.17) is 18.9 Å². The molecule has 0 unspecified atom stereocenters. The number of phenolic OH excluding ortho intramolecular Hbond substituents is 1. The van der Waals surface area contributed by atoms with Crippen molar-refractivity contribution in [1.82, 2.24) is 0 Å². The first-order valence-electron chi connectivity index (χ1n) is 7.66. The van der Waals surface area contributed by atoms with Crippen molar-refractivity contribution in [2.75, 3.05) is 7.11 Å². The van der Waals surface area contributed by atoms with Gasteiger partial charge in [-0.05, 0) is 11.6 Å². The van der Waals surface area contributed by atoms with Crippen LogP contribution < -0.4 is 4.74 Å². The van der Waals surface area contributed by atoms with E-state index in [9.17, 15) is 24.9 Å². The molecule has 0 amide bonds. The third-order valence-electron chi connectivity index (χ3n) is 4.63. The number of rotatable bonds is 3. The predicted molar refractivity (Wildman–Crippen MR) is 81.9 cm³/mol. The van der Waals surface area contributed by atoms with Crippen molar-refractivity contribution in [2.45, 2.75) is 24.4 Å². The highest BCUT2D eigenvalue weighted by atomic mass is 16.7. The number of aromatic hydroxyl groups is 1. The number of methoxy groups -OCH3 is 1. The lowest BCUT2D eigenvalue weighted by molar-refractivity contribution is -0.154. The zero-order valence-corrected chi connectivity index (χ0v) is 13.5. The van der Waals surface area contributed by atoms with Crippen LogP contribution in [-0.4, -0.2) is 46.8 Å². The molecular formula is C17H14O9. The molecule has 0 bridgehead atoms. The van der Waals surface area contributed by atoms with E-state index in [2.05, 4.69) is 0 Å². The molecule has 4 rings (SSSR count). The number of carbonyl (C=O) groups excluding carboxylic acids is 2. The maximum absolute atomic E-state index is 12.2. The number of cyclic esters (lactones) is 1. The lowest BCUT2D eigenvalue weighted by Gasteiger charge is -2.23. The largest absolute Gasteiger partial charge is 0.504 e. The van der Waals surface area contributed by atoms with E-state index in [0.29, 0.717) is 5.56 Å². The van der Waals surface area contributed by atoms with Gasteiger partial charge in [-0.1, -0.05) is 6.07 Å². The molecule has 9 nitrogen and oxygen atoms in total. The van der Waals surface area contributed by atoms with Crippen molar-refractivity contribution < 1.29 is 43.9 Å². The molecule has 26 heavy (non-hydrogen) atoms. The number of phenols is 1. The summed E-state index contributed by atoms with van der Waals surface area (Å²) < 4.78 is 20.1. The molecule has 0 radical (unpaired) electrons. The summed E-state index contributed by atoms with van der Waals surface area (Å²) in [5.41, 5.74) is -1.51. The summed E-state index contributed by atoms with van der Waals surface area (Å²) in [7, 11) is 1.36. The minimum absolute atomic E-state index is 0.101. The van der Waals surface area contributed by atoms with E-state index in [-0.39, 0.29) is 29.1 Å². The van der Waals surface area contributed by atoms with Crippen molar-refractivity contribution in [3.05, 3.63) is 46.9 Å². The normalized spacial score (nSPS) is 30.5. The van der Waals surface area contributed by atoms with Crippen LogP contribution in [0, 0.1) is 0 Å². The van der Waals surface area contributed by atoms with E-state index in [1.54, 1.807) is 12.1 Å². The van der Waals surface area contributed by atoms with Crippen LogP contribution >= 0.6 is 0 Å². The Kier molecular flexibility index (Phi) is 3.38. The molecule has 1 saturated heterocycles. The van der Waals surface area contributed by atoms with Gasteiger partial charge in [0.1, 0.15) is 17.9 Å². The summed E-state index contributed by atoms with van der Waals surface area (Å²) in [5, 5.41) is 30.9. The quantitative estimate of drug-likeness (QED) is 0.394. The number of carbonyl (C=O) groups is 2. The Morgan fingerprint density at radius 1 is 1.23 bits per heavy atom. The van der Waals surface area contributed by atoms with E-state index < -0.39 is 35.7 Å². The number of hydrogen-bond donors (Lipinski definition) is 3. The number of ether oxygens (including phenoxy) is 4. The fourth-order valence-electron chi connectivity index (χ4n) is 3.40. The number of aliphatic hydroxyl groups is 2. The van der Waals surface area contributed by atoms with E-state index in [1.165, 1.54) is 7.11 Å². The molecule has 2 heterocycles. The lowest BCUT2D eigenvalue weighted by atomic mass is 9.88. The molecule has 0 saturated carbocycles. The van der Waals surface area contributed by atoms with Crippen LogP contribution in [0.5, 0.6) is 11.5 Å². The fraction of sp³-hybridized carbons (Fsp3) is 0.294. The molecule has 1 aromatic rings. The Bertz CT molecular complexity index is 884. The number of benzene rings is 1. The lowest BCUT2D eigenvalue weighted by Crippen LogP contribution is -2.33. The zero-order chi connectivity index (χ0) is 18.6. The van der Waals surface area contributed by atoms with Gasteiger partial charge in [0.05, 0.1) is 7.11 Å². The maximum Gasteiger partial charge on any atom is 0.376 e. The molecular weight excluding hydrogens is 348 g/mol. The van der Waals surface area contributed by atoms with Gasteiger partial charge in [-0.15, -0.1) is 0 Å². The second-order valence-electron chi connectivity index (χ2n) is 6.01. The van der Waals surface area contributed by atoms with Gasteiger partial charge in [0.25, 0.3) is 6.29 Å². The number of fused-ring (bicyclic) bond motifs is 3. The molecule has 1 aromatic carbocycles. The van der Waals surface area contributed by atoms with Gasteiger partial charge in [0.2, 0.25) is 5.76 Å². The SMILES string of the molecule is COc1ccc2c(c1O)[C@]1(O)C(=CO[C@H]3C=C(O)C(=O)O3)C(=O)O[C@@H]1C2. The van der Waals surface area contributed by atoms with Gasteiger partial charge < -0.3 is 34.3 Å². The maximum atomic E-state index is 12.2. The van der Waals surface area contributed by atoms with Crippen molar-refractivity contribution in [2.24, 2.45) is 0 Å². The van der Waals surface area contributed by atoms with Crippen LogP contribution in [0.15, 0.2) is 35.8 Å². The summed E-state index contributed by atoms with van der Waals surface area (Å²) in [6, 6.07) is 3.21.